The summed E-state index contributed by atoms with van der Waals surface area (Å²) in [5.41, 5.74) is 4.57. The molecule has 0 radical (unpaired) electrons. The van der Waals surface area contributed by atoms with Crippen molar-refractivity contribution < 1.29 is 8.94 Å². The molecular formula is C21H27Cl2N5O2. The van der Waals surface area contributed by atoms with Gasteiger partial charge in [-0.15, -0.1) is 24.8 Å². The summed E-state index contributed by atoms with van der Waals surface area (Å²) in [4.78, 5) is 11.8. The summed E-state index contributed by atoms with van der Waals surface area (Å²) < 4.78 is 11.2. The molecule has 0 bridgehead atoms. The van der Waals surface area contributed by atoms with E-state index in [9.17, 15) is 0 Å². The van der Waals surface area contributed by atoms with Gasteiger partial charge in [-0.1, -0.05) is 5.16 Å². The lowest BCUT2D eigenvalue weighted by Gasteiger charge is -2.30. The van der Waals surface area contributed by atoms with Crippen LogP contribution >= 0.6 is 24.8 Å². The Morgan fingerprint density at radius 2 is 2.20 bits per heavy atom. The average molecular weight is 452 g/mol. The van der Waals surface area contributed by atoms with E-state index in [0.717, 1.165) is 74.9 Å². The number of rotatable bonds is 4. The maximum absolute atomic E-state index is 5.73. The number of aromatic nitrogens is 3. The maximum Gasteiger partial charge on any atom is 0.231 e. The largest absolute Gasteiger partial charge is 0.468 e. The molecule has 5 heterocycles. The number of aryl methyl sites for hydroxylation is 1. The van der Waals surface area contributed by atoms with E-state index < -0.39 is 0 Å². The van der Waals surface area contributed by atoms with Crippen molar-refractivity contribution in [3.05, 3.63) is 53.1 Å². The van der Waals surface area contributed by atoms with Crippen LogP contribution in [-0.4, -0.2) is 39.7 Å². The lowest BCUT2D eigenvalue weighted by atomic mass is 9.95. The first kappa shape index (κ1) is 22.7. The van der Waals surface area contributed by atoms with Gasteiger partial charge in [0.1, 0.15) is 5.76 Å². The van der Waals surface area contributed by atoms with Crippen molar-refractivity contribution in [3.8, 4) is 11.4 Å². The SMILES string of the molecule is Cc1ncc2c(c1-c1noc(C3CCCN(Cc4ccco4)C3)n1)CCNC2.Cl.Cl. The highest BCUT2D eigenvalue weighted by Crippen LogP contribution is 2.32. The minimum Gasteiger partial charge on any atom is -0.468 e. The molecule has 30 heavy (non-hydrogen) atoms. The van der Waals surface area contributed by atoms with Crippen LogP contribution in [0.1, 0.15) is 47.2 Å². The quantitative estimate of drug-likeness (QED) is 0.643. The third-order valence-electron chi connectivity index (χ3n) is 5.81. The molecule has 162 valence electrons. The highest BCUT2D eigenvalue weighted by molar-refractivity contribution is 5.85. The topological polar surface area (TPSA) is 80.2 Å². The van der Waals surface area contributed by atoms with Crippen LogP contribution in [-0.2, 0) is 19.5 Å². The van der Waals surface area contributed by atoms with Crippen LogP contribution in [0.5, 0.6) is 0 Å². The van der Waals surface area contributed by atoms with Crippen molar-refractivity contribution in [1.29, 1.82) is 0 Å². The van der Waals surface area contributed by atoms with Crippen LogP contribution in [0.25, 0.3) is 11.4 Å². The molecule has 5 rings (SSSR count). The van der Waals surface area contributed by atoms with Gasteiger partial charge in [-0.05, 0) is 62.5 Å². The van der Waals surface area contributed by atoms with Gasteiger partial charge in [0.15, 0.2) is 0 Å². The molecule has 3 aromatic heterocycles. The van der Waals surface area contributed by atoms with E-state index in [-0.39, 0.29) is 30.7 Å². The van der Waals surface area contributed by atoms with Crippen LogP contribution < -0.4 is 5.32 Å². The molecule has 1 N–H and O–H groups in total. The predicted molar refractivity (Wildman–Crippen MR) is 118 cm³/mol. The molecular weight excluding hydrogens is 425 g/mol. The lowest BCUT2D eigenvalue weighted by Crippen LogP contribution is -2.33. The number of furan rings is 1. The zero-order valence-corrected chi connectivity index (χ0v) is 18.6. The van der Waals surface area contributed by atoms with Gasteiger partial charge < -0.3 is 14.3 Å². The summed E-state index contributed by atoms with van der Waals surface area (Å²) in [6.45, 7) is 6.66. The van der Waals surface area contributed by atoms with E-state index in [2.05, 4.69) is 20.4 Å². The lowest BCUT2D eigenvalue weighted by molar-refractivity contribution is 0.169. The fourth-order valence-electron chi connectivity index (χ4n) is 4.39. The first-order valence-corrected chi connectivity index (χ1v) is 10.0. The summed E-state index contributed by atoms with van der Waals surface area (Å²) in [5.74, 6) is 2.68. The van der Waals surface area contributed by atoms with E-state index in [1.165, 1.54) is 11.1 Å². The van der Waals surface area contributed by atoms with Crippen LogP contribution in [0, 0.1) is 6.92 Å². The third-order valence-corrected chi connectivity index (χ3v) is 5.81. The number of nitrogens with one attached hydrogen (secondary N) is 1. The summed E-state index contributed by atoms with van der Waals surface area (Å²) in [6.07, 6.45) is 6.86. The second-order valence-electron chi connectivity index (χ2n) is 7.76. The summed E-state index contributed by atoms with van der Waals surface area (Å²) >= 11 is 0. The Morgan fingerprint density at radius 3 is 3.03 bits per heavy atom. The number of hydrogen-bond acceptors (Lipinski definition) is 7. The highest BCUT2D eigenvalue weighted by Gasteiger charge is 2.28. The third kappa shape index (κ3) is 4.54. The van der Waals surface area contributed by atoms with Gasteiger partial charge in [0, 0.05) is 30.5 Å². The average Bonchev–Trinajstić information content (AvgIpc) is 3.40. The Hall–Kier alpha value is -1.93. The van der Waals surface area contributed by atoms with Crippen LogP contribution in [0.3, 0.4) is 0 Å². The number of halogens is 2. The smallest absolute Gasteiger partial charge is 0.231 e. The maximum atomic E-state index is 5.73. The molecule has 1 saturated heterocycles. The zero-order chi connectivity index (χ0) is 18.9. The molecule has 2 aliphatic heterocycles. The fraction of sp³-hybridized carbons (Fsp3) is 0.476. The number of fused-ring (bicyclic) bond motifs is 1. The Kier molecular flexibility index (Phi) is 7.52. The van der Waals surface area contributed by atoms with Crippen molar-refractivity contribution in [1.82, 2.24) is 25.3 Å². The molecule has 0 spiro atoms. The normalized spacial score (nSPS) is 18.9. The number of nitrogens with zero attached hydrogens (tertiary/aromatic N) is 4. The second-order valence-corrected chi connectivity index (χ2v) is 7.76. The number of likely N-dealkylation sites (tertiary alicyclic amines) is 1. The minimum atomic E-state index is 0. The Labute approximate surface area is 188 Å². The summed E-state index contributed by atoms with van der Waals surface area (Å²) in [6, 6.07) is 3.96. The van der Waals surface area contributed by atoms with Gasteiger partial charge in [-0.25, -0.2) is 0 Å². The first-order valence-electron chi connectivity index (χ1n) is 10.0. The number of pyridine rings is 1. The van der Waals surface area contributed by atoms with Crippen molar-refractivity contribution >= 4 is 24.8 Å². The molecule has 1 atom stereocenters. The molecule has 1 unspecified atom stereocenters. The molecule has 2 aliphatic rings. The van der Waals surface area contributed by atoms with E-state index >= 15 is 0 Å². The predicted octanol–water partition coefficient (Wildman–Crippen LogP) is 3.90. The summed E-state index contributed by atoms with van der Waals surface area (Å²) in [5, 5.41) is 7.75. The van der Waals surface area contributed by atoms with E-state index in [0.29, 0.717) is 5.82 Å². The molecule has 1 fully saturated rings. The Balaban J connectivity index is 0.00000128. The molecule has 7 nitrogen and oxygen atoms in total. The van der Waals surface area contributed by atoms with Gasteiger partial charge in [0.25, 0.3) is 0 Å². The molecule has 3 aromatic rings. The monoisotopic (exact) mass is 451 g/mol. The molecule has 0 saturated carbocycles. The van der Waals surface area contributed by atoms with Crippen molar-refractivity contribution in [2.45, 2.75) is 45.2 Å². The molecule has 0 aromatic carbocycles. The van der Waals surface area contributed by atoms with Crippen molar-refractivity contribution in [2.24, 2.45) is 0 Å². The van der Waals surface area contributed by atoms with Crippen LogP contribution in [0.15, 0.2) is 33.5 Å². The van der Waals surface area contributed by atoms with Gasteiger partial charge in [-0.3, -0.25) is 9.88 Å². The standard InChI is InChI=1S/C21H25N5O2.2ClH/c1-14-19(18-6-7-22-10-16(18)11-23-14)20-24-21(28-25-20)15-4-2-8-26(12-15)13-17-5-3-9-27-17;;/h3,5,9,11,15,22H,2,4,6-8,10,12-13H2,1H3;2*1H. The molecule has 0 aliphatic carbocycles. The zero-order valence-electron chi connectivity index (χ0n) is 17.0. The molecule has 9 heteroatoms. The van der Waals surface area contributed by atoms with E-state index in [1.807, 2.05) is 25.3 Å². The van der Waals surface area contributed by atoms with Gasteiger partial charge >= 0.3 is 0 Å². The van der Waals surface area contributed by atoms with E-state index in [1.54, 1.807) is 6.26 Å². The van der Waals surface area contributed by atoms with E-state index in [4.69, 9.17) is 13.9 Å². The van der Waals surface area contributed by atoms with Crippen LogP contribution in [0.2, 0.25) is 0 Å². The molecule has 0 amide bonds. The van der Waals surface area contributed by atoms with Crippen molar-refractivity contribution in [2.75, 3.05) is 19.6 Å². The van der Waals surface area contributed by atoms with Crippen LogP contribution in [0.4, 0.5) is 0 Å². The van der Waals surface area contributed by atoms with Gasteiger partial charge in [0.2, 0.25) is 11.7 Å². The first-order chi connectivity index (χ1) is 13.8. The van der Waals surface area contributed by atoms with Gasteiger partial charge in [-0.2, -0.15) is 4.98 Å². The summed E-state index contributed by atoms with van der Waals surface area (Å²) in [7, 11) is 0. The Bertz CT molecular complexity index is 960. The Morgan fingerprint density at radius 1 is 1.30 bits per heavy atom. The van der Waals surface area contributed by atoms with Crippen molar-refractivity contribution in [3.63, 3.8) is 0 Å². The highest BCUT2D eigenvalue weighted by atomic mass is 35.5. The number of piperidine rings is 1. The fourth-order valence-corrected chi connectivity index (χ4v) is 4.39. The minimum absolute atomic E-state index is 0. The second kappa shape index (κ2) is 9.92. The van der Waals surface area contributed by atoms with Gasteiger partial charge in [0.05, 0.1) is 18.7 Å². The number of hydrogen-bond donors (Lipinski definition) is 1.